The van der Waals surface area contributed by atoms with Crippen LogP contribution in [0.25, 0.3) is 5.57 Å². The number of nitrogens with one attached hydrogen (secondary N) is 1. The number of halogens is 1. The molecule has 4 heterocycles. The van der Waals surface area contributed by atoms with E-state index in [-0.39, 0.29) is 17.8 Å². The zero-order valence-corrected chi connectivity index (χ0v) is 20.9. The number of benzene rings is 1. The molecule has 0 spiro atoms. The number of likely N-dealkylation sites (tertiary alicyclic amines) is 1. The van der Waals surface area contributed by atoms with Crippen LogP contribution in [-0.4, -0.2) is 58.0 Å². The predicted octanol–water partition coefficient (Wildman–Crippen LogP) is 4.31. The Morgan fingerprint density at radius 3 is 2.70 bits per heavy atom. The minimum Gasteiger partial charge on any atom is -0.472 e. The molecule has 1 fully saturated rings. The van der Waals surface area contributed by atoms with E-state index < -0.39 is 5.82 Å². The summed E-state index contributed by atoms with van der Waals surface area (Å²) < 4.78 is 21.0. The van der Waals surface area contributed by atoms with E-state index in [4.69, 9.17) is 4.74 Å². The molecule has 1 aromatic carbocycles. The summed E-state index contributed by atoms with van der Waals surface area (Å²) in [7, 11) is 0. The number of piperidine rings is 1. The maximum atomic E-state index is 14.9. The maximum absolute atomic E-state index is 14.9. The molecule has 0 bridgehead atoms. The van der Waals surface area contributed by atoms with E-state index in [1.54, 1.807) is 13.1 Å². The van der Waals surface area contributed by atoms with Crippen molar-refractivity contribution in [1.82, 2.24) is 19.9 Å². The van der Waals surface area contributed by atoms with Gasteiger partial charge >= 0.3 is 0 Å². The lowest BCUT2D eigenvalue weighted by Gasteiger charge is -2.32. The Balaban J connectivity index is 1.28. The fourth-order valence-electron chi connectivity index (χ4n) is 4.77. The molecule has 0 unspecified atom stereocenters. The molecule has 1 saturated heterocycles. The molecule has 0 atom stereocenters. The number of ether oxygens (including phenoxy) is 1. The van der Waals surface area contributed by atoms with Crippen LogP contribution in [0.4, 0.5) is 16.2 Å². The second kappa shape index (κ2) is 11.4. The highest BCUT2D eigenvalue weighted by atomic mass is 19.1. The molecular formula is C28H31FN6O2. The number of aromatic nitrogens is 3. The molecule has 2 aliphatic heterocycles. The predicted molar refractivity (Wildman–Crippen MR) is 141 cm³/mol. The van der Waals surface area contributed by atoms with Crippen molar-refractivity contribution in [3.05, 3.63) is 77.9 Å². The van der Waals surface area contributed by atoms with Crippen LogP contribution in [0.15, 0.2) is 60.9 Å². The Bertz CT molecular complexity index is 1260. The number of rotatable bonds is 7. The van der Waals surface area contributed by atoms with Crippen LogP contribution in [0.2, 0.25) is 0 Å². The van der Waals surface area contributed by atoms with Gasteiger partial charge in [0.15, 0.2) is 11.6 Å². The minimum absolute atomic E-state index is 0.0926. The molecule has 37 heavy (non-hydrogen) atoms. The number of pyridine rings is 1. The summed E-state index contributed by atoms with van der Waals surface area (Å²) in [5.41, 5.74) is 2.98. The Hall–Kier alpha value is -4.01. The summed E-state index contributed by atoms with van der Waals surface area (Å²) in [5.74, 6) is 0.878. The van der Waals surface area contributed by atoms with Crippen LogP contribution < -0.4 is 15.0 Å². The first-order valence-corrected chi connectivity index (χ1v) is 12.7. The van der Waals surface area contributed by atoms with E-state index in [1.807, 2.05) is 52.3 Å². The standard InChI is InChI=1S/C28H31FN6O2/c1-20(36)34-15-11-23(12-16-34)32-28-31-17-25(29)26(33-28)35-14-6-9-22(18-35)24-10-5-13-30-27(24)37-19-21-7-3-2-4-8-21/h2-5,7-10,13,17,23H,6,11-12,14-16,18-19H2,1H3,(H,31,32,33). The third-order valence-electron chi connectivity index (χ3n) is 6.79. The van der Waals surface area contributed by atoms with Gasteiger partial charge < -0.3 is 19.9 Å². The summed E-state index contributed by atoms with van der Waals surface area (Å²) in [4.78, 5) is 28.6. The van der Waals surface area contributed by atoms with Crippen molar-refractivity contribution in [3.8, 4) is 5.88 Å². The Kier molecular flexibility index (Phi) is 7.58. The maximum Gasteiger partial charge on any atom is 0.225 e. The van der Waals surface area contributed by atoms with Gasteiger partial charge in [-0.05, 0) is 42.5 Å². The molecule has 0 aliphatic carbocycles. The van der Waals surface area contributed by atoms with Crippen LogP contribution in [0.1, 0.15) is 37.3 Å². The number of carbonyl (C=O) groups excluding carboxylic acids is 1. The number of amides is 1. The van der Waals surface area contributed by atoms with Crippen molar-refractivity contribution in [2.45, 2.75) is 38.8 Å². The summed E-state index contributed by atoms with van der Waals surface area (Å²) >= 11 is 0. The summed E-state index contributed by atoms with van der Waals surface area (Å²) in [6, 6.07) is 14.0. The van der Waals surface area contributed by atoms with Crippen LogP contribution in [-0.2, 0) is 11.4 Å². The van der Waals surface area contributed by atoms with E-state index in [9.17, 15) is 9.18 Å². The number of hydrogen-bond donors (Lipinski definition) is 1. The van der Waals surface area contributed by atoms with Gasteiger partial charge in [-0.25, -0.2) is 14.4 Å². The molecule has 192 valence electrons. The van der Waals surface area contributed by atoms with Gasteiger partial charge in [0.05, 0.1) is 6.20 Å². The smallest absolute Gasteiger partial charge is 0.225 e. The third-order valence-corrected chi connectivity index (χ3v) is 6.79. The highest BCUT2D eigenvalue weighted by molar-refractivity contribution is 5.74. The van der Waals surface area contributed by atoms with E-state index in [0.717, 1.165) is 36.0 Å². The van der Waals surface area contributed by atoms with Gasteiger partial charge in [-0.1, -0.05) is 36.4 Å². The SMILES string of the molecule is CC(=O)N1CCC(Nc2ncc(F)c(N3CCC=C(c4cccnc4OCc4ccccc4)C3)n2)CC1. The lowest BCUT2D eigenvalue weighted by molar-refractivity contribution is -0.129. The van der Waals surface area contributed by atoms with Crippen LogP contribution in [0.5, 0.6) is 5.88 Å². The molecule has 0 saturated carbocycles. The zero-order valence-electron chi connectivity index (χ0n) is 20.9. The fraction of sp³-hybridized carbons (Fsp3) is 0.357. The van der Waals surface area contributed by atoms with Crippen molar-refractivity contribution in [2.75, 3.05) is 36.4 Å². The van der Waals surface area contributed by atoms with Gasteiger partial charge in [-0.3, -0.25) is 4.79 Å². The number of nitrogens with zero attached hydrogens (tertiary/aromatic N) is 5. The van der Waals surface area contributed by atoms with Crippen LogP contribution in [0, 0.1) is 5.82 Å². The Morgan fingerprint density at radius 1 is 1.11 bits per heavy atom. The quantitative estimate of drug-likeness (QED) is 0.516. The average molecular weight is 503 g/mol. The van der Waals surface area contributed by atoms with E-state index in [0.29, 0.717) is 44.6 Å². The first-order chi connectivity index (χ1) is 18.1. The molecule has 8 nitrogen and oxygen atoms in total. The van der Waals surface area contributed by atoms with Crippen molar-refractivity contribution >= 4 is 23.2 Å². The number of hydrogen-bond acceptors (Lipinski definition) is 7. The third kappa shape index (κ3) is 6.04. The molecule has 1 N–H and O–H groups in total. The second-order valence-corrected chi connectivity index (χ2v) is 9.36. The lowest BCUT2D eigenvalue weighted by atomic mass is 10.0. The average Bonchev–Trinajstić information content (AvgIpc) is 2.94. The van der Waals surface area contributed by atoms with Gasteiger partial charge in [0.1, 0.15) is 6.61 Å². The van der Waals surface area contributed by atoms with E-state index in [1.165, 1.54) is 6.20 Å². The first kappa shape index (κ1) is 24.7. The molecule has 0 radical (unpaired) electrons. The normalized spacial score (nSPS) is 16.3. The summed E-state index contributed by atoms with van der Waals surface area (Å²) in [6.45, 7) is 4.53. The van der Waals surface area contributed by atoms with Gasteiger partial charge in [0, 0.05) is 50.9 Å². The summed E-state index contributed by atoms with van der Waals surface area (Å²) in [6.07, 6.45) is 7.46. The highest BCUT2D eigenvalue weighted by Crippen LogP contribution is 2.31. The van der Waals surface area contributed by atoms with Crippen LogP contribution in [0.3, 0.4) is 0 Å². The number of carbonyl (C=O) groups is 1. The van der Waals surface area contributed by atoms with Crippen molar-refractivity contribution in [1.29, 1.82) is 0 Å². The topological polar surface area (TPSA) is 83.5 Å². The molecular weight excluding hydrogens is 471 g/mol. The fourth-order valence-corrected chi connectivity index (χ4v) is 4.77. The monoisotopic (exact) mass is 502 g/mol. The van der Waals surface area contributed by atoms with Gasteiger partial charge in [0.2, 0.25) is 17.7 Å². The molecule has 2 aromatic heterocycles. The van der Waals surface area contributed by atoms with Gasteiger partial charge in [-0.2, -0.15) is 4.98 Å². The molecule has 2 aliphatic rings. The van der Waals surface area contributed by atoms with Crippen molar-refractivity contribution in [2.24, 2.45) is 0 Å². The van der Waals surface area contributed by atoms with E-state index in [2.05, 4.69) is 26.3 Å². The lowest BCUT2D eigenvalue weighted by Crippen LogP contribution is -2.41. The van der Waals surface area contributed by atoms with Crippen molar-refractivity contribution < 1.29 is 13.9 Å². The van der Waals surface area contributed by atoms with Gasteiger partial charge in [-0.15, -0.1) is 0 Å². The Morgan fingerprint density at radius 2 is 1.92 bits per heavy atom. The van der Waals surface area contributed by atoms with E-state index >= 15 is 0 Å². The van der Waals surface area contributed by atoms with Gasteiger partial charge in [0.25, 0.3) is 0 Å². The van der Waals surface area contributed by atoms with Crippen LogP contribution >= 0.6 is 0 Å². The molecule has 1 amide bonds. The number of anilines is 2. The molecule has 9 heteroatoms. The molecule has 5 rings (SSSR count). The second-order valence-electron chi connectivity index (χ2n) is 9.36. The summed E-state index contributed by atoms with van der Waals surface area (Å²) in [5, 5.41) is 3.33. The first-order valence-electron chi connectivity index (χ1n) is 12.7. The van der Waals surface area contributed by atoms with Crippen molar-refractivity contribution in [3.63, 3.8) is 0 Å². The highest BCUT2D eigenvalue weighted by Gasteiger charge is 2.24. The largest absolute Gasteiger partial charge is 0.472 e. The Labute approximate surface area is 216 Å². The molecule has 3 aromatic rings. The zero-order chi connectivity index (χ0) is 25.6. The minimum atomic E-state index is -0.454.